The number of fused-ring (bicyclic) bond motifs is 1. The van der Waals surface area contributed by atoms with Crippen LogP contribution in [0.5, 0.6) is 0 Å². The highest BCUT2D eigenvalue weighted by Gasteiger charge is 2.66. The van der Waals surface area contributed by atoms with E-state index in [1.54, 1.807) is 6.92 Å². The summed E-state index contributed by atoms with van der Waals surface area (Å²) in [5.41, 5.74) is -0.737. The minimum atomic E-state index is -1.13. The monoisotopic (exact) mass is 270 g/mol. The maximum Gasteiger partial charge on any atom is 0.343 e. The van der Waals surface area contributed by atoms with Gasteiger partial charge in [-0.15, -0.1) is 0 Å². The van der Waals surface area contributed by atoms with Crippen molar-refractivity contribution in [2.24, 2.45) is 5.41 Å². The summed E-state index contributed by atoms with van der Waals surface area (Å²) in [6, 6.07) is 0. The first kappa shape index (κ1) is 14.5. The van der Waals surface area contributed by atoms with Crippen molar-refractivity contribution in [2.45, 2.75) is 58.3 Å². The molecule has 0 amide bonds. The molecule has 1 aliphatic heterocycles. The zero-order valence-corrected chi connectivity index (χ0v) is 11.9. The maximum atomic E-state index is 12.6. The van der Waals surface area contributed by atoms with Crippen LogP contribution in [0.4, 0.5) is 0 Å². The molecular weight excluding hydrogens is 248 g/mol. The Morgan fingerprint density at radius 2 is 2.00 bits per heavy atom. The second-order valence-corrected chi connectivity index (χ2v) is 5.34. The van der Waals surface area contributed by atoms with E-state index >= 15 is 0 Å². The molecule has 0 radical (unpaired) electrons. The van der Waals surface area contributed by atoms with E-state index < -0.39 is 23.3 Å². The number of hydrogen-bond acceptors (Lipinski definition) is 5. The molecule has 108 valence electrons. The van der Waals surface area contributed by atoms with E-state index in [1.807, 2.05) is 13.8 Å². The summed E-state index contributed by atoms with van der Waals surface area (Å²) >= 11 is 0. The van der Waals surface area contributed by atoms with Crippen LogP contribution in [0.2, 0.25) is 0 Å². The average molecular weight is 270 g/mol. The molecule has 5 heteroatoms. The number of carbonyl (C=O) groups excluding carboxylic acids is 2. The van der Waals surface area contributed by atoms with E-state index in [1.165, 1.54) is 0 Å². The lowest BCUT2D eigenvalue weighted by molar-refractivity contribution is -0.277. The molecule has 2 rings (SSSR count). The van der Waals surface area contributed by atoms with E-state index in [0.29, 0.717) is 19.4 Å². The Hall–Kier alpha value is -0.940. The lowest BCUT2D eigenvalue weighted by Crippen LogP contribution is -2.50. The fourth-order valence-electron chi connectivity index (χ4n) is 3.21. The summed E-state index contributed by atoms with van der Waals surface area (Å²) < 4.78 is 16.5. The van der Waals surface area contributed by atoms with Gasteiger partial charge in [0.1, 0.15) is 0 Å². The predicted octanol–water partition coefficient (Wildman–Crippen LogP) is 1.83. The van der Waals surface area contributed by atoms with Crippen molar-refractivity contribution in [3.05, 3.63) is 0 Å². The van der Waals surface area contributed by atoms with Gasteiger partial charge in [-0.2, -0.15) is 0 Å². The van der Waals surface area contributed by atoms with Gasteiger partial charge in [-0.3, -0.25) is 4.79 Å². The molecule has 2 aliphatic rings. The van der Waals surface area contributed by atoms with Gasteiger partial charge in [-0.1, -0.05) is 6.42 Å². The summed E-state index contributed by atoms with van der Waals surface area (Å²) in [4.78, 5) is 24.4. The van der Waals surface area contributed by atoms with Gasteiger partial charge in [-0.05, 0) is 33.6 Å². The molecule has 3 atom stereocenters. The van der Waals surface area contributed by atoms with Crippen molar-refractivity contribution < 1.29 is 23.8 Å². The second-order valence-electron chi connectivity index (χ2n) is 5.34. The Morgan fingerprint density at radius 1 is 1.32 bits per heavy atom. The Labute approximate surface area is 113 Å². The van der Waals surface area contributed by atoms with E-state index in [0.717, 1.165) is 12.8 Å². The average Bonchev–Trinajstić information content (AvgIpc) is 2.61. The Balaban J connectivity index is 2.30. The van der Waals surface area contributed by atoms with Crippen LogP contribution in [-0.2, 0) is 23.8 Å². The number of esters is 1. The van der Waals surface area contributed by atoms with Crippen LogP contribution in [0.1, 0.15) is 46.5 Å². The Morgan fingerprint density at radius 3 is 2.63 bits per heavy atom. The number of ether oxygens (including phenoxy) is 3. The topological polar surface area (TPSA) is 61.8 Å². The highest BCUT2D eigenvalue weighted by Crippen LogP contribution is 2.53. The van der Waals surface area contributed by atoms with E-state index in [-0.39, 0.29) is 12.4 Å². The molecule has 0 spiro atoms. The van der Waals surface area contributed by atoms with Gasteiger partial charge in [0.15, 0.2) is 11.6 Å². The molecule has 2 fully saturated rings. The van der Waals surface area contributed by atoms with Crippen LogP contribution in [-0.4, -0.2) is 36.9 Å². The number of Topliss-reactive ketones (excluding diaryl/α,β-unsaturated/α-hetero) is 1. The summed E-state index contributed by atoms with van der Waals surface area (Å²) in [7, 11) is 0. The van der Waals surface area contributed by atoms with Crippen molar-refractivity contribution in [2.75, 3.05) is 13.2 Å². The van der Waals surface area contributed by atoms with Gasteiger partial charge in [0.05, 0.1) is 12.0 Å². The fraction of sp³-hybridized carbons (Fsp3) is 0.857. The van der Waals surface area contributed by atoms with E-state index in [2.05, 4.69) is 0 Å². The molecule has 19 heavy (non-hydrogen) atoms. The molecule has 0 bridgehead atoms. The molecule has 1 saturated heterocycles. The highest BCUT2D eigenvalue weighted by molar-refractivity contribution is 6.06. The van der Waals surface area contributed by atoms with Gasteiger partial charge >= 0.3 is 5.97 Å². The third-order valence-electron chi connectivity index (χ3n) is 4.24. The van der Waals surface area contributed by atoms with Crippen LogP contribution >= 0.6 is 0 Å². The predicted molar refractivity (Wildman–Crippen MR) is 67.4 cm³/mol. The van der Waals surface area contributed by atoms with Crippen LogP contribution in [0.3, 0.4) is 0 Å². The smallest absolute Gasteiger partial charge is 0.343 e. The number of carbonyl (C=O) groups is 2. The van der Waals surface area contributed by atoms with Crippen LogP contribution in [0, 0.1) is 5.41 Å². The second kappa shape index (κ2) is 5.21. The van der Waals surface area contributed by atoms with Crippen molar-refractivity contribution in [3.63, 3.8) is 0 Å². The number of rotatable bonds is 4. The van der Waals surface area contributed by atoms with Crippen LogP contribution in [0.15, 0.2) is 0 Å². The van der Waals surface area contributed by atoms with Gasteiger partial charge in [0.2, 0.25) is 6.10 Å². The van der Waals surface area contributed by atoms with Crippen molar-refractivity contribution >= 4 is 11.8 Å². The van der Waals surface area contributed by atoms with E-state index in [4.69, 9.17) is 14.2 Å². The lowest BCUT2D eigenvalue weighted by Gasteiger charge is -2.43. The van der Waals surface area contributed by atoms with Gasteiger partial charge < -0.3 is 14.2 Å². The quantitative estimate of drug-likeness (QED) is 0.576. The van der Waals surface area contributed by atoms with E-state index in [9.17, 15) is 9.59 Å². The first-order valence-corrected chi connectivity index (χ1v) is 7.03. The van der Waals surface area contributed by atoms with Gasteiger partial charge in [-0.25, -0.2) is 4.79 Å². The highest BCUT2D eigenvalue weighted by atomic mass is 16.7. The van der Waals surface area contributed by atoms with Gasteiger partial charge in [0, 0.05) is 13.0 Å². The molecule has 1 heterocycles. The molecule has 0 aromatic carbocycles. The third kappa shape index (κ3) is 2.09. The summed E-state index contributed by atoms with van der Waals surface area (Å²) in [5.74, 6) is -1.74. The fourth-order valence-corrected chi connectivity index (χ4v) is 3.21. The standard InChI is InChI=1S/C14H22O5/c1-4-17-12(16)10-11(15)13(3)8-6-7-9-14(13,19-10)18-5-2/h10H,4-9H2,1-3H3/t10?,13-,14-/m1/s1. The van der Waals surface area contributed by atoms with Gasteiger partial charge in [0.25, 0.3) is 0 Å². The van der Waals surface area contributed by atoms with Crippen molar-refractivity contribution in [3.8, 4) is 0 Å². The van der Waals surface area contributed by atoms with Crippen molar-refractivity contribution in [1.82, 2.24) is 0 Å². The summed E-state index contributed by atoms with van der Waals surface area (Å²) in [6.07, 6.45) is 2.12. The molecule has 0 aromatic heterocycles. The SMILES string of the molecule is CCOC(=O)C1O[C@]2(OCC)CCCC[C@]2(C)C1=O. The lowest BCUT2D eigenvalue weighted by atomic mass is 9.69. The molecule has 0 aromatic rings. The third-order valence-corrected chi connectivity index (χ3v) is 4.24. The minimum absolute atomic E-state index is 0.195. The maximum absolute atomic E-state index is 12.6. The van der Waals surface area contributed by atoms with Crippen LogP contribution in [0.25, 0.3) is 0 Å². The first-order chi connectivity index (χ1) is 9.00. The van der Waals surface area contributed by atoms with Crippen molar-refractivity contribution in [1.29, 1.82) is 0 Å². The normalized spacial score (nSPS) is 38.1. The minimum Gasteiger partial charge on any atom is -0.464 e. The molecule has 5 nitrogen and oxygen atoms in total. The summed E-state index contributed by atoms with van der Waals surface area (Å²) in [6.45, 7) is 6.13. The molecular formula is C14H22O5. The number of ketones is 1. The molecule has 1 aliphatic carbocycles. The largest absolute Gasteiger partial charge is 0.464 e. The summed E-state index contributed by atoms with van der Waals surface area (Å²) in [5, 5.41) is 0. The number of hydrogen-bond donors (Lipinski definition) is 0. The molecule has 0 N–H and O–H groups in total. The Bertz CT molecular complexity index is 376. The first-order valence-electron chi connectivity index (χ1n) is 7.03. The zero-order chi connectivity index (χ0) is 14.1. The van der Waals surface area contributed by atoms with Crippen LogP contribution < -0.4 is 0 Å². The Kier molecular flexibility index (Phi) is 3.97. The molecule has 1 unspecified atom stereocenters. The molecule has 1 saturated carbocycles. The zero-order valence-electron chi connectivity index (χ0n) is 11.9.